The number of piperidine rings is 1. The lowest BCUT2D eigenvalue weighted by Gasteiger charge is -2.31. The molecule has 1 saturated heterocycles. The molecule has 0 unspecified atom stereocenters. The molecule has 1 aromatic heterocycles. The van der Waals surface area contributed by atoms with Crippen molar-refractivity contribution in [2.45, 2.75) is 45.7 Å². The van der Waals surface area contributed by atoms with Crippen LogP contribution in [0.15, 0.2) is 24.3 Å². The van der Waals surface area contributed by atoms with E-state index in [9.17, 15) is 17.6 Å². The number of halogens is 2. The molecular formula is C20H26ClFN4O3S. The van der Waals surface area contributed by atoms with E-state index >= 15 is 0 Å². The minimum Gasteiger partial charge on any atom is -0.349 e. The van der Waals surface area contributed by atoms with Crippen LogP contribution in [0.4, 0.5) is 4.39 Å². The van der Waals surface area contributed by atoms with Crippen LogP contribution in [0, 0.1) is 12.7 Å². The summed E-state index contributed by atoms with van der Waals surface area (Å²) in [4.78, 5) is 12.8. The molecule has 10 heteroatoms. The molecule has 1 fully saturated rings. The number of nitrogens with zero attached hydrogens (tertiary/aromatic N) is 3. The molecule has 0 radical (unpaired) electrons. The summed E-state index contributed by atoms with van der Waals surface area (Å²) in [5.41, 5.74) is 1.62. The first-order valence-electron chi connectivity index (χ1n) is 9.97. The second-order valence-electron chi connectivity index (χ2n) is 7.50. The molecule has 1 amide bonds. The van der Waals surface area contributed by atoms with Crippen LogP contribution in [-0.4, -0.2) is 53.3 Å². The summed E-state index contributed by atoms with van der Waals surface area (Å²) in [5, 5.41) is 7.53. The fourth-order valence-electron chi connectivity index (χ4n) is 3.60. The molecule has 1 aliphatic heterocycles. The normalized spacial score (nSPS) is 16.0. The molecule has 1 N–H and O–H groups in total. The van der Waals surface area contributed by atoms with Crippen LogP contribution < -0.4 is 5.32 Å². The highest BCUT2D eigenvalue weighted by molar-refractivity contribution is 7.89. The molecule has 0 saturated carbocycles. The average Bonchev–Trinajstić information content (AvgIpc) is 2.97. The highest BCUT2D eigenvalue weighted by atomic mass is 35.5. The zero-order valence-corrected chi connectivity index (χ0v) is 18.6. The monoisotopic (exact) mass is 456 g/mol. The van der Waals surface area contributed by atoms with Crippen molar-refractivity contribution in [1.82, 2.24) is 19.4 Å². The molecule has 7 nitrogen and oxygen atoms in total. The van der Waals surface area contributed by atoms with Gasteiger partial charge in [-0.25, -0.2) is 21.8 Å². The number of carbonyl (C=O) groups is 1. The van der Waals surface area contributed by atoms with E-state index in [4.69, 9.17) is 11.6 Å². The number of aromatic nitrogens is 2. The Morgan fingerprint density at radius 1 is 1.27 bits per heavy atom. The number of benzene rings is 1. The maximum absolute atomic E-state index is 13.1. The van der Waals surface area contributed by atoms with Crippen molar-refractivity contribution >= 4 is 27.5 Å². The average molecular weight is 457 g/mol. The number of carbonyl (C=O) groups excluding carboxylic acids is 1. The molecule has 164 valence electrons. The Hall–Kier alpha value is -1.97. The van der Waals surface area contributed by atoms with Crippen molar-refractivity contribution in [3.63, 3.8) is 0 Å². The summed E-state index contributed by atoms with van der Waals surface area (Å²) in [5.74, 6) is -0.501. The zero-order chi connectivity index (χ0) is 21.9. The second kappa shape index (κ2) is 9.45. The number of sulfonamides is 1. The SMILES string of the molecule is CCCS(=O)(=O)N1CCC(NC(=O)c2c(C)nn(Cc3ccc(F)cc3)c2Cl)CC1. The summed E-state index contributed by atoms with van der Waals surface area (Å²) in [6.07, 6.45) is 1.68. The Morgan fingerprint density at radius 2 is 1.90 bits per heavy atom. The standard InChI is InChI=1S/C20H26ClFN4O3S/c1-3-12-30(28,29)25-10-8-17(9-11-25)23-20(27)18-14(2)24-26(19(18)21)13-15-4-6-16(22)7-5-15/h4-7,17H,3,8-13H2,1-2H3,(H,23,27). The van der Waals surface area contributed by atoms with Crippen LogP contribution in [0.25, 0.3) is 0 Å². The summed E-state index contributed by atoms with van der Waals surface area (Å²) in [6.45, 7) is 4.66. The fraction of sp³-hybridized carbons (Fsp3) is 0.500. The summed E-state index contributed by atoms with van der Waals surface area (Å²) >= 11 is 6.42. The van der Waals surface area contributed by atoms with Gasteiger partial charge in [0.25, 0.3) is 5.91 Å². The number of rotatable bonds is 7. The predicted octanol–water partition coefficient (Wildman–Crippen LogP) is 2.97. The minimum atomic E-state index is -3.22. The van der Waals surface area contributed by atoms with Gasteiger partial charge in [0.1, 0.15) is 11.0 Å². The molecule has 0 atom stereocenters. The van der Waals surface area contributed by atoms with Crippen LogP contribution in [0.3, 0.4) is 0 Å². The molecule has 0 bridgehead atoms. The van der Waals surface area contributed by atoms with E-state index in [2.05, 4.69) is 10.4 Å². The van der Waals surface area contributed by atoms with E-state index in [1.54, 1.807) is 19.1 Å². The van der Waals surface area contributed by atoms with E-state index < -0.39 is 10.0 Å². The first-order chi connectivity index (χ1) is 14.2. The van der Waals surface area contributed by atoms with Crippen LogP contribution in [0.1, 0.15) is 47.8 Å². The first-order valence-corrected chi connectivity index (χ1v) is 12.0. The fourth-order valence-corrected chi connectivity index (χ4v) is 5.46. The highest BCUT2D eigenvalue weighted by Crippen LogP contribution is 2.22. The van der Waals surface area contributed by atoms with Gasteiger partial charge in [0, 0.05) is 19.1 Å². The third-order valence-electron chi connectivity index (χ3n) is 5.18. The van der Waals surface area contributed by atoms with E-state index in [0.717, 1.165) is 5.56 Å². The van der Waals surface area contributed by atoms with Crippen molar-refractivity contribution in [3.05, 3.63) is 52.1 Å². The Morgan fingerprint density at radius 3 is 2.50 bits per heavy atom. The van der Waals surface area contributed by atoms with Gasteiger partial charge in [-0.05, 0) is 43.9 Å². The Labute approximate surface area is 181 Å². The first kappa shape index (κ1) is 22.7. The molecule has 2 aromatic rings. The van der Waals surface area contributed by atoms with Gasteiger partial charge >= 0.3 is 0 Å². The molecule has 0 spiro atoms. The van der Waals surface area contributed by atoms with E-state index in [0.29, 0.717) is 50.2 Å². The van der Waals surface area contributed by atoms with Gasteiger partial charge in [0.05, 0.1) is 23.6 Å². The molecule has 2 heterocycles. The third kappa shape index (κ3) is 5.19. The van der Waals surface area contributed by atoms with Gasteiger partial charge in [-0.1, -0.05) is 30.7 Å². The lowest BCUT2D eigenvalue weighted by atomic mass is 10.1. The molecule has 0 aliphatic carbocycles. The van der Waals surface area contributed by atoms with Crippen molar-refractivity contribution in [2.24, 2.45) is 0 Å². The molecular weight excluding hydrogens is 431 g/mol. The van der Waals surface area contributed by atoms with Gasteiger partial charge in [-0.3, -0.25) is 4.79 Å². The number of nitrogens with one attached hydrogen (secondary N) is 1. The van der Waals surface area contributed by atoms with Crippen molar-refractivity contribution in [3.8, 4) is 0 Å². The molecule has 1 aliphatic rings. The maximum atomic E-state index is 13.1. The molecule has 1 aromatic carbocycles. The number of hydrogen-bond acceptors (Lipinski definition) is 4. The van der Waals surface area contributed by atoms with E-state index in [-0.39, 0.29) is 28.7 Å². The molecule has 3 rings (SSSR count). The Bertz CT molecular complexity index is 1000. The number of aryl methyl sites for hydroxylation is 1. The Balaban J connectivity index is 1.64. The van der Waals surface area contributed by atoms with Crippen LogP contribution in [-0.2, 0) is 16.6 Å². The summed E-state index contributed by atoms with van der Waals surface area (Å²) < 4.78 is 40.5. The van der Waals surface area contributed by atoms with Crippen LogP contribution >= 0.6 is 11.6 Å². The van der Waals surface area contributed by atoms with Crippen molar-refractivity contribution in [1.29, 1.82) is 0 Å². The maximum Gasteiger partial charge on any atom is 0.256 e. The summed E-state index contributed by atoms with van der Waals surface area (Å²) in [6, 6.07) is 5.88. The van der Waals surface area contributed by atoms with Crippen LogP contribution in [0.5, 0.6) is 0 Å². The van der Waals surface area contributed by atoms with Gasteiger partial charge in [0.15, 0.2) is 0 Å². The van der Waals surface area contributed by atoms with Gasteiger partial charge < -0.3 is 5.32 Å². The van der Waals surface area contributed by atoms with E-state index in [1.165, 1.54) is 21.1 Å². The highest BCUT2D eigenvalue weighted by Gasteiger charge is 2.29. The summed E-state index contributed by atoms with van der Waals surface area (Å²) in [7, 11) is -3.22. The van der Waals surface area contributed by atoms with Gasteiger partial charge in [-0.15, -0.1) is 0 Å². The smallest absolute Gasteiger partial charge is 0.256 e. The van der Waals surface area contributed by atoms with Gasteiger partial charge in [-0.2, -0.15) is 5.10 Å². The number of amides is 1. The minimum absolute atomic E-state index is 0.124. The second-order valence-corrected chi connectivity index (χ2v) is 9.94. The lowest BCUT2D eigenvalue weighted by molar-refractivity contribution is 0.0923. The quantitative estimate of drug-likeness (QED) is 0.694. The zero-order valence-electron chi connectivity index (χ0n) is 17.1. The topological polar surface area (TPSA) is 84.3 Å². The van der Waals surface area contributed by atoms with Crippen LogP contribution in [0.2, 0.25) is 5.15 Å². The number of hydrogen-bond donors (Lipinski definition) is 1. The lowest BCUT2D eigenvalue weighted by Crippen LogP contribution is -2.47. The van der Waals surface area contributed by atoms with E-state index in [1.807, 2.05) is 6.92 Å². The Kier molecular flexibility index (Phi) is 7.15. The molecule has 30 heavy (non-hydrogen) atoms. The van der Waals surface area contributed by atoms with Crippen molar-refractivity contribution in [2.75, 3.05) is 18.8 Å². The third-order valence-corrected chi connectivity index (χ3v) is 7.64. The van der Waals surface area contributed by atoms with Gasteiger partial charge in [0.2, 0.25) is 10.0 Å². The van der Waals surface area contributed by atoms with Crippen molar-refractivity contribution < 1.29 is 17.6 Å². The largest absolute Gasteiger partial charge is 0.349 e. The predicted molar refractivity (Wildman–Crippen MR) is 114 cm³/mol.